The highest BCUT2D eigenvalue weighted by atomic mass is 19.4. The standard InChI is InChI=1S/C10H11F3N2O3/c11-10(12,13)8-6-7(15(16)17)2-3-9(8)18-5-1-4-14/h2-3,6H,1,4-5,14H2. The molecule has 0 aromatic heterocycles. The normalized spacial score (nSPS) is 11.3. The van der Waals surface area contributed by atoms with Crippen LogP contribution < -0.4 is 10.5 Å². The summed E-state index contributed by atoms with van der Waals surface area (Å²) in [7, 11) is 0. The van der Waals surface area contributed by atoms with Crippen LogP contribution in [-0.4, -0.2) is 18.1 Å². The molecule has 1 aromatic rings. The van der Waals surface area contributed by atoms with Gasteiger partial charge in [0.1, 0.15) is 11.3 Å². The van der Waals surface area contributed by atoms with Gasteiger partial charge in [-0.25, -0.2) is 0 Å². The van der Waals surface area contributed by atoms with Gasteiger partial charge in [-0.1, -0.05) is 0 Å². The van der Waals surface area contributed by atoms with E-state index in [1.165, 1.54) is 0 Å². The van der Waals surface area contributed by atoms with Crippen molar-refractivity contribution in [1.82, 2.24) is 0 Å². The van der Waals surface area contributed by atoms with Crippen molar-refractivity contribution < 1.29 is 22.8 Å². The Hall–Kier alpha value is -1.83. The highest BCUT2D eigenvalue weighted by Crippen LogP contribution is 2.38. The molecule has 0 radical (unpaired) electrons. The third kappa shape index (κ3) is 3.59. The second-order valence-corrected chi connectivity index (χ2v) is 3.43. The van der Waals surface area contributed by atoms with Crippen LogP contribution in [-0.2, 0) is 6.18 Å². The lowest BCUT2D eigenvalue weighted by Crippen LogP contribution is -2.11. The second-order valence-electron chi connectivity index (χ2n) is 3.43. The molecule has 1 aromatic carbocycles. The van der Waals surface area contributed by atoms with Crippen molar-refractivity contribution in [2.45, 2.75) is 12.6 Å². The fourth-order valence-corrected chi connectivity index (χ4v) is 1.24. The third-order valence-electron chi connectivity index (χ3n) is 2.09. The van der Waals surface area contributed by atoms with E-state index in [0.717, 1.165) is 12.1 Å². The summed E-state index contributed by atoms with van der Waals surface area (Å²) in [5, 5.41) is 10.4. The van der Waals surface area contributed by atoms with Gasteiger partial charge in [0.05, 0.1) is 11.5 Å². The van der Waals surface area contributed by atoms with Gasteiger partial charge in [0.2, 0.25) is 0 Å². The molecule has 0 aliphatic rings. The Kier molecular flexibility index (Phi) is 4.49. The maximum absolute atomic E-state index is 12.7. The molecule has 0 aliphatic carbocycles. The van der Waals surface area contributed by atoms with Crippen LogP contribution in [0.3, 0.4) is 0 Å². The molecular weight excluding hydrogens is 253 g/mol. The van der Waals surface area contributed by atoms with Crippen molar-refractivity contribution >= 4 is 5.69 Å². The fourth-order valence-electron chi connectivity index (χ4n) is 1.24. The summed E-state index contributed by atoms with van der Waals surface area (Å²) in [5.41, 5.74) is 3.40. The average Bonchev–Trinajstić information content (AvgIpc) is 2.28. The van der Waals surface area contributed by atoms with Crippen LogP contribution in [0, 0.1) is 10.1 Å². The highest BCUT2D eigenvalue weighted by Gasteiger charge is 2.36. The van der Waals surface area contributed by atoms with Gasteiger partial charge >= 0.3 is 6.18 Å². The molecule has 0 heterocycles. The molecule has 0 aliphatic heterocycles. The molecule has 2 N–H and O–H groups in total. The predicted molar refractivity (Wildman–Crippen MR) is 57.3 cm³/mol. The number of hydrogen-bond acceptors (Lipinski definition) is 4. The zero-order valence-electron chi connectivity index (χ0n) is 9.24. The first-order valence-electron chi connectivity index (χ1n) is 5.04. The van der Waals surface area contributed by atoms with E-state index in [4.69, 9.17) is 10.5 Å². The van der Waals surface area contributed by atoms with Gasteiger partial charge < -0.3 is 10.5 Å². The first-order valence-corrected chi connectivity index (χ1v) is 5.04. The van der Waals surface area contributed by atoms with Crippen molar-refractivity contribution in [2.75, 3.05) is 13.2 Å². The van der Waals surface area contributed by atoms with Gasteiger partial charge in [-0.05, 0) is 19.0 Å². The van der Waals surface area contributed by atoms with Crippen LogP contribution in [0.25, 0.3) is 0 Å². The van der Waals surface area contributed by atoms with E-state index in [1.54, 1.807) is 0 Å². The third-order valence-corrected chi connectivity index (χ3v) is 2.09. The summed E-state index contributed by atoms with van der Waals surface area (Å²) in [6.07, 6.45) is -4.31. The van der Waals surface area contributed by atoms with E-state index in [1.807, 2.05) is 0 Å². The van der Waals surface area contributed by atoms with Crippen molar-refractivity contribution in [3.05, 3.63) is 33.9 Å². The molecule has 0 spiro atoms. The minimum absolute atomic E-state index is 0.0252. The van der Waals surface area contributed by atoms with Crippen LogP contribution in [0.5, 0.6) is 5.75 Å². The number of ether oxygens (including phenoxy) is 1. The topological polar surface area (TPSA) is 78.4 Å². The Balaban J connectivity index is 3.05. The number of hydrogen-bond donors (Lipinski definition) is 1. The predicted octanol–water partition coefficient (Wildman–Crippen LogP) is 2.34. The number of rotatable bonds is 5. The van der Waals surface area contributed by atoms with Crippen molar-refractivity contribution in [2.24, 2.45) is 5.73 Å². The van der Waals surface area contributed by atoms with Crippen LogP contribution in [0.15, 0.2) is 18.2 Å². The van der Waals surface area contributed by atoms with Gasteiger partial charge in [0.25, 0.3) is 5.69 Å². The van der Waals surface area contributed by atoms with Gasteiger partial charge in [-0.15, -0.1) is 0 Å². The van der Waals surface area contributed by atoms with Crippen LogP contribution in [0.2, 0.25) is 0 Å². The molecule has 0 fully saturated rings. The zero-order valence-corrected chi connectivity index (χ0v) is 9.24. The van der Waals surface area contributed by atoms with Gasteiger partial charge in [0, 0.05) is 12.1 Å². The molecule has 0 saturated heterocycles. The number of nitro groups is 1. The zero-order chi connectivity index (χ0) is 13.8. The lowest BCUT2D eigenvalue weighted by molar-refractivity contribution is -0.385. The smallest absolute Gasteiger partial charge is 0.420 e. The minimum atomic E-state index is -4.70. The first kappa shape index (κ1) is 14.2. The molecule has 0 saturated carbocycles. The second kappa shape index (κ2) is 5.67. The largest absolute Gasteiger partial charge is 0.493 e. The number of benzene rings is 1. The van der Waals surface area contributed by atoms with Crippen LogP contribution in [0.1, 0.15) is 12.0 Å². The molecule has 0 bridgehead atoms. The fraction of sp³-hybridized carbons (Fsp3) is 0.400. The van der Waals surface area contributed by atoms with Crippen LogP contribution >= 0.6 is 0 Å². The number of non-ortho nitro benzene ring substituents is 1. The Labute approximate surface area is 100 Å². The Morgan fingerprint density at radius 1 is 1.39 bits per heavy atom. The summed E-state index contributed by atoms with van der Waals surface area (Å²) >= 11 is 0. The van der Waals surface area contributed by atoms with Gasteiger partial charge in [-0.2, -0.15) is 13.2 Å². The van der Waals surface area contributed by atoms with E-state index in [2.05, 4.69) is 0 Å². The summed E-state index contributed by atoms with van der Waals surface area (Å²) in [5.74, 6) is -0.429. The number of nitrogens with zero attached hydrogens (tertiary/aromatic N) is 1. The number of alkyl halides is 3. The monoisotopic (exact) mass is 264 g/mol. The molecule has 1 rings (SSSR count). The van der Waals surface area contributed by atoms with Crippen molar-refractivity contribution in [1.29, 1.82) is 0 Å². The molecule has 0 amide bonds. The maximum Gasteiger partial charge on any atom is 0.420 e. The molecule has 18 heavy (non-hydrogen) atoms. The number of nitrogens with two attached hydrogens (primary N) is 1. The molecule has 0 atom stereocenters. The molecular formula is C10H11F3N2O3. The lowest BCUT2D eigenvalue weighted by atomic mass is 10.1. The van der Waals surface area contributed by atoms with Crippen molar-refractivity contribution in [3.8, 4) is 5.75 Å². The average molecular weight is 264 g/mol. The summed E-state index contributed by atoms with van der Waals surface area (Å²) < 4.78 is 42.9. The maximum atomic E-state index is 12.7. The minimum Gasteiger partial charge on any atom is -0.493 e. The van der Waals surface area contributed by atoms with Gasteiger partial charge in [-0.3, -0.25) is 10.1 Å². The molecule has 5 nitrogen and oxygen atoms in total. The lowest BCUT2D eigenvalue weighted by Gasteiger charge is -2.13. The SMILES string of the molecule is NCCCOc1ccc([N+](=O)[O-])cc1C(F)(F)F. The van der Waals surface area contributed by atoms with E-state index >= 15 is 0 Å². The summed E-state index contributed by atoms with van der Waals surface area (Å²) in [6, 6.07) is 2.36. The van der Waals surface area contributed by atoms with E-state index < -0.39 is 28.1 Å². The number of nitro benzene ring substituents is 1. The first-order chi connectivity index (χ1) is 8.36. The Morgan fingerprint density at radius 2 is 2.06 bits per heavy atom. The molecule has 8 heteroatoms. The van der Waals surface area contributed by atoms with Gasteiger partial charge in [0.15, 0.2) is 0 Å². The van der Waals surface area contributed by atoms with Crippen LogP contribution in [0.4, 0.5) is 18.9 Å². The van der Waals surface area contributed by atoms with E-state index in [9.17, 15) is 23.3 Å². The quantitative estimate of drug-likeness (QED) is 0.503. The number of halogens is 3. The van der Waals surface area contributed by atoms with E-state index in [-0.39, 0.29) is 13.2 Å². The molecule has 100 valence electrons. The Bertz CT molecular complexity index is 435. The summed E-state index contributed by atoms with van der Waals surface area (Å²) in [4.78, 5) is 9.54. The highest BCUT2D eigenvalue weighted by molar-refractivity contribution is 5.45. The Morgan fingerprint density at radius 3 is 2.56 bits per heavy atom. The summed E-state index contributed by atoms with van der Waals surface area (Å²) in [6.45, 7) is 0.311. The molecule has 0 unspecified atom stereocenters. The van der Waals surface area contributed by atoms with Crippen molar-refractivity contribution in [3.63, 3.8) is 0 Å². The van der Waals surface area contributed by atoms with E-state index in [0.29, 0.717) is 12.5 Å².